The zero-order chi connectivity index (χ0) is 27.9. The molecule has 4 N–H and O–H groups in total. The summed E-state index contributed by atoms with van der Waals surface area (Å²) in [5, 5.41) is 24.7. The Morgan fingerprint density at radius 2 is 1.76 bits per heavy atom. The zero-order valence-corrected chi connectivity index (χ0v) is 21.9. The van der Waals surface area contributed by atoms with Crippen LogP contribution in [-0.2, 0) is 27.4 Å². The Kier molecular flexibility index (Phi) is 10.5. The van der Waals surface area contributed by atoms with Gasteiger partial charge in [0, 0.05) is 31.4 Å². The number of aryl methyl sites for hydroxylation is 1. The standard InChI is InChI=1S/C25H34F3N3O5S/c1-24(2,11-7-10-18-8-5-4-6-9-18)30-15-21(32)17-31(3)37(35,36)22-13-19(25(26,27)28)12-20(14-22)29-16-23(33)34/h4-6,8-9,12-14,21,29-30,32H,7,10-11,15-17H2,1-3H3,(H,33,34). The molecular weight excluding hydrogens is 511 g/mol. The van der Waals surface area contributed by atoms with Gasteiger partial charge >= 0.3 is 12.1 Å². The van der Waals surface area contributed by atoms with Crippen LogP contribution < -0.4 is 10.6 Å². The summed E-state index contributed by atoms with van der Waals surface area (Å²) in [4.78, 5) is 10.1. The van der Waals surface area contributed by atoms with E-state index in [1.807, 2.05) is 32.0 Å². The van der Waals surface area contributed by atoms with Crippen molar-refractivity contribution >= 4 is 21.7 Å². The van der Waals surface area contributed by atoms with E-state index in [4.69, 9.17) is 5.11 Å². The van der Waals surface area contributed by atoms with Crippen molar-refractivity contribution in [3.63, 3.8) is 0 Å². The van der Waals surface area contributed by atoms with E-state index in [9.17, 15) is 31.5 Å². The normalized spacial score (nSPS) is 13.5. The first-order valence-electron chi connectivity index (χ1n) is 11.7. The van der Waals surface area contributed by atoms with Crippen LogP contribution in [0.25, 0.3) is 0 Å². The van der Waals surface area contributed by atoms with Crippen LogP contribution in [0.2, 0.25) is 0 Å². The van der Waals surface area contributed by atoms with Gasteiger partial charge in [-0.3, -0.25) is 4.79 Å². The number of carbonyl (C=O) groups is 1. The maximum Gasteiger partial charge on any atom is 0.416 e. The number of hydrogen-bond donors (Lipinski definition) is 4. The Hall–Kier alpha value is -2.67. The van der Waals surface area contributed by atoms with Crippen LogP contribution in [0.5, 0.6) is 0 Å². The van der Waals surface area contributed by atoms with Gasteiger partial charge in [-0.05, 0) is 56.9 Å². The number of sulfonamides is 1. The number of β-amino-alcohol motifs (C(OH)–C–C–N with tert-alkyl or cyclic N) is 1. The highest BCUT2D eigenvalue weighted by atomic mass is 32.2. The van der Waals surface area contributed by atoms with Crippen LogP contribution in [0.15, 0.2) is 53.4 Å². The second-order valence-corrected chi connectivity index (χ2v) is 11.6. The Morgan fingerprint density at radius 1 is 1.11 bits per heavy atom. The molecule has 37 heavy (non-hydrogen) atoms. The van der Waals surface area contributed by atoms with Gasteiger partial charge in [0.2, 0.25) is 10.0 Å². The highest BCUT2D eigenvalue weighted by Crippen LogP contribution is 2.33. The molecule has 2 aromatic rings. The monoisotopic (exact) mass is 545 g/mol. The molecule has 0 fully saturated rings. The lowest BCUT2D eigenvalue weighted by Crippen LogP contribution is -2.46. The predicted octanol–water partition coefficient (Wildman–Crippen LogP) is 3.57. The van der Waals surface area contributed by atoms with Gasteiger partial charge in [0.05, 0.1) is 16.6 Å². The molecule has 2 rings (SSSR count). The lowest BCUT2D eigenvalue weighted by atomic mass is 9.95. The number of aliphatic hydroxyl groups excluding tert-OH is 1. The Balaban J connectivity index is 2.01. The Labute approximate surface area is 215 Å². The number of rotatable bonds is 14. The van der Waals surface area contributed by atoms with E-state index in [2.05, 4.69) is 22.8 Å². The number of nitrogens with zero attached hydrogens (tertiary/aromatic N) is 1. The van der Waals surface area contributed by atoms with Crippen LogP contribution >= 0.6 is 0 Å². The van der Waals surface area contributed by atoms with Crippen molar-refractivity contribution in [2.75, 3.05) is 32.0 Å². The first kappa shape index (κ1) is 30.6. The molecule has 0 heterocycles. The number of likely N-dealkylation sites (N-methyl/N-ethyl adjacent to an activating group) is 1. The van der Waals surface area contributed by atoms with Crippen LogP contribution in [-0.4, -0.2) is 67.2 Å². The second-order valence-electron chi connectivity index (χ2n) is 9.53. The van der Waals surface area contributed by atoms with Gasteiger partial charge in [-0.1, -0.05) is 30.3 Å². The average Bonchev–Trinajstić information content (AvgIpc) is 2.81. The highest BCUT2D eigenvalue weighted by molar-refractivity contribution is 7.89. The van der Waals surface area contributed by atoms with Crippen molar-refractivity contribution in [3.05, 3.63) is 59.7 Å². The minimum absolute atomic E-state index is 0.0756. The summed E-state index contributed by atoms with van der Waals surface area (Å²) in [6, 6.07) is 12.1. The lowest BCUT2D eigenvalue weighted by Gasteiger charge is -2.29. The summed E-state index contributed by atoms with van der Waals surface area (Å²) in [6.07, 6.45) is -3.36. The van der Waals surface area contributed by atoms with E-state index < -0.39 is 45.3 Å². The molecule has 0 aliphatic heterocycles. The number of anilines is 1. The van der Waals surface area contributed by atoms with Crippen molar-refractivity contribution < 1.29 is 36.6 Å². The fourth-order valence-electron chi connectivity index (χ4n) is 3.69. The van der Waals surface area contributed by atoms with Crippen molar-refractivity contribution in [2.24, 2.45) is 0 Å². The molecule has 206 valence electrons. The molecule has 0 aliphatic carbocycles. The SMILES string of the molecule is CN(CC(O)CNC(C)(C)CCCc1ccccc1)S(=O)(=O)c1cc(NCC(=O)O)cc(C(F)(F)F)c1. The Morgan fingerprint density at radius 3 is 2.35 bits per heavy atom. The van der Waals surface area contributed by atoms with Crippen molar-refractivity contribution in [1.29, 1.82) is 0 Å². The molecule has 0 spiro atoms. The van der Waals surface area contributed by atoms with E-state index >= 15 is 0 Å². The quantitative estimate of drug-likeness (QED) is 0.287. The number of aliphatic hydroxyl groups is 1. The molecule has 0 aliphatic rings. The zero-order valence-electron chi connectivity index (χ0n) is 21.0. The molecule has 0 saturated heterocycles. The summed E-state index contributed by atoms with van der Waals surface area (Å²) < 4.78 is 66.8. The van der Waals surface area contributed by atoms with Crippen LogP contribution in [0.3, 0.4) is 0 Å². The van der Waals surface area contributed by atoms with Crippen molar-refractivity contribution in [1.82, 2.24) is 9.62 Å². The fraction of sp³-hybridized carbons (Fsp3) is 0.480. The smallest absolute Gasteiger partial charge is 0.416 e. The third kappa shape index (κ3) is 9.95. The third-order valence-electron chi connectivity index (χ3n) is 5.78. The summed E-state index contributed by atoms with van der Waals surface area (Å²) in [7, 11) is -3.26. The first-order chi connectivity index (χ1) is 17.1. The average molecular weight is 546 g/mol. The van der Waals surface area contributed by atoms with E-state index in [0.29, 0.717) is 12.1 Å². The number of carboxylic acids is 1. The van der Waals surface area contributed by atoms with Gasteiger partial charge in [-0.15, -0.1) is 0 Å². The van der Waals surface area contributed by atoms with Gasteiger partial charge in [0.25, 0.3) is 0 Å². The highest BCUT2D eigenvalue weighted by Gasteiger charge is 2.34. The molecular formula is C25H34F3N3O5S. The number of carboxylic acid groups (broad SMARTS) is 1. The van der Waals surface area contributed by atoms with Crippen LogP contribution in [0, 0.1) is 0 Å². The van der Waals surface area contributed by atoms with Gasteiger partial charge in [0.15, 0.2) is 0 Å². The molecule has 0 aromatic heterocycles. The fourth-order valence-corrected chi connectivity index (χ4v) is 4.97. The summed E-state index contributed by atoms with van der Waals surface area (Å²) in [6.45, 7) is 2.97. The number of hydrogen-bond acceptors (Lipinski definition) is 6. The van der Waals surface area contributed by atoms with E-state index in [-0.39, 0.29) is 24.3 Å². The van der Waals surface area contributed by atoms with E-state index in [1.165, 1.54) is 5.56 Å². The van der Waals surface area contributed by atoms with Crippen molar-refractivity contribution in [3.8, 4) is 0 Å². The minimum atomic E-state index is -4.85. The largest absolute Gasteiger partial charge is 0.480 e. The van der Waals surface area contributed by atoms with Crippen LogP contribution in [0.1, 0.15) is 37.8 Å². The summed E-state index contributed by atoms with van der Waals surface area (Å²) in [5.74, 6) is -1.32. The molecule has 0 saturated carbocycles. The van der Waals surface area contributed by atoms with Gasteiger partial charge < -0.3 is 20.8 Å². The first-order valence-corrected chi connectivity index (χ1v) is 13.2. The number of aliphatic carboxylic acids is 1. The van der Waals surface area contributed by atoms with E-state index in [1.54, 1.807) is 0 Å². The molecule has 0 amide bonds. The number of benzene rings is 2. The molecule has 1 unspecified atom stereocenters. The Bertz CT molecular complexity index is 1140. The molecule has 1 atom stereocenters. The van der Waals surface area contributed by atoms with E-state index in [0.717, 1.165) is 36.7 Å². The molecule has 2 aromatic carbocycles. The molecule has 8 nitrogen and oxygen atoms in total. The summed E-state index contributed by atoms with van der Waals surface area (Å²) in [5.41, 5.74) is -0.655. The number of halogens is 3. The van der Waals surface area contributed by atoms with Gasteiger partial charge in [-0.25, -0.2) is 8.42 Å². The minimum Gasteiger partial charge on any atom is -0.480 e. The lowest BCUT2D eigenvalue weighted by molar-refractivity contribution is -0.137. The number of alkyl halides is 3. The van der Waals surface area contributed by atoms with Gasteiger partial charge in [0.1, 0.15) is 6.54 Å². The second kappa shape index (κ2) is 12.7. The molecule has 0 radical (unpaired) electrons. The topological polar surface area (TPSA) is 119 Å². The maximum absolute atomic E-state index is 13.3. The molecule has 12 heteroatoms. The van der Waals surface area contributed by atoms with Crippen molar-refractivity contribution in [2.45, 2.75) is 55.8 Å². The van der Waals surface area contributed by atoms with Gasteiger partial charge in [-0.2, -0.15) is 17.5 Å². The predicted molar refractivity (Wildman–Crippen MR) is 135 cm³/mol. The molecule has 0 bridgehead atoms. The summed E-state index contributed by atoms with van der Waals surface area (Å²) >= 11 is 0. The maximum atomic E-state index is 13.3. The number of nitrogens with one attached hydrogen (secondary N) is 2. The van der Waals surface area contributed by atoms with Crippen LogP contribution in [0.4, 0.5) is 18.9 Å². The third-order valence-corrected chi connectivity index (χ3v) is 7.58.